The molecule has 0 unspecified atom stereocenters. The Morgan fingerprint density at radius 1 is 1.07 bits per heavy atom. The van der Waals surface area contributed by atoms with E-state index < -0.39 is 30.5 Å². The molecule has 0 saturated heterocycles. The smallest absolute Gasteiger partial charge is 0.215 e. The van der Waals surface area contributed by atoms with E-state index in [1.165, 1.54) is 9.36 Å². The van der Waals surface area contributed by atoms with E-state index in [1.807, 2.05) is 0 Å². The molecule has 0 aliphatic carbocycles. The molecule has 13 heteroatoms. The Hall–Kier alpha value is -2.64. The van der Waals surface area contributed by atoms with Crippen molar-refractivity contribution in [3.05, 3.63) is 23.7 Å². The standard InChI is InChI=1S/C14H14N10OS2/c1-8-3-4-9-10(7-8)16-12(26-13-17-19-21-23(13)2)11(15-9)27-14-18-20-22-24(14)5-6-25/h3-4,7,25H,5-6H2,1-2H3/i1D3,3D,4D,7D. The van der Waals surface area contributed by atoms with E-state index in [9.17, 15) is 5.11 Å². The van der Waals surface area contributed by atoms with Gasteiger partial charge in [0.05, 0.1) is 28.3 Å². The van der Waals surface area contributed by atoms with Gasteiger partial charge in [0, 0.05) is 11.2 Å². The number of aryl methyl sites for hydroxylation is 1. The van der Waals surface area contributed by atoms with Crippen LogP contribution < -0.4 is 0 Å². The Labute approximate surface area is 170 Å². The van der Waals surface area contributed by atoms with Crippen LogP contribution in [-0.4, -0.2) is 62.1 Å². The van der Waals surface area contributed by atoms with Crippen LogP contribution in [0.4, 0.5) is 0 Å². The van der Waals surface area contributed by atoms with Gasteiger partial charge in [0.25, 0.3) is 0 Å². The van der Waals surface area contributed by atoms with Gasteiger partial charge in [-0.3, -0.25) is 0 Å². The first-order valence-electron chi connectivity index (χ1n) is 10.4. The molecule has 0 radical (unpaired) electrons. The zero-order valence-corrected chi connectivity index (χ0v) is 15.3. The summed E-state index contributed by atoms with van der Waals surface area (Å²) >= 11 is 2.00. The first-order valence-corrected chi connectivity index (χ1v) is 9.02. The van der Waals surface area contributed by atoms with Crippen molar-refractivity contribution in [2.75, 3.05) is 6.61 Å². The summed E-state index contributed by atoms with van der Waals surface area (Å²) in [7, 11) is 1.61. The maximum Gasteiger partial charge on any atom is 0.215 e. The Bertz CT molecular complexity index is 1340. The molecule has 4 rings (SSSR count). The Morgan fingerprint density at radius 2 is 1.81 bits per heavy atom. The third-order valence-electron chi connectivity index (χ3n) is 3.15. The Balaban J connectivity index is 1.94. The topological polar surface area (TPSA) is 133 Å². The summed E-state index contributed by atoms with van der Waals surface area (Å²) in [5.41, 5.74) is -0.820. The van der Waals surface area contributed by atoms with Crippen molar-refractivity contribution in [1.29, 1.82) is 0 Å². The lowest BCUT2D eigenvalue weighted by Gasteiger charge is -2.08. The molecule has 0 bridgehead atoms. The minimum absolute atomic E-state index is 0.109. The largest absolute Gasteiger partial charge is 0.394 e. The maximum absolute atomic E-state index is 9.22. The van der Waals surface area contributed by atoms with Crippen LogP contribution in [0.3, 0.4) is 0 Å². The SMILES string of the molecule is [2H]c1c(C([2H])([2H])[2H])c([2H])c2nc(Sc3nnnn3C)c(Sc3nnnn3CCO)nc2c1[2H]. The fourth-order valence-electron chi connectivity index (χ4n) is 1.97. The number of fused-ring (bicyclic) bond motifs is 1. The van der Waals surface area contributed by atoms with Crippen LogP contribution in [0.1, 0.15) is 13.8 Å². The summed E-state index contributed by atoms with van der Waals surface area (Å²) < 4.78 is 50.6. The van der Waals surface area contributed by atoms with Crippen molar-refractivity contribution >= 4 is 34.6 Å². The molecule has 11 nitrogen and oxygen atoms in total. The van der Waals surface area contributed by atoms with Crippen molar-refractivity contribution in [3.63, 3.8) is 0 Å². The van der Waals surface area contributed by atoms with Crippen molar-refractivity contribution < 1.29 is 13.3 Å². The predicted octanol–water partition coefficient (Wildman–Crippen LogP) is 0.743. The monoisotopic (exact) mass is 408 g/mol. The summed E-state index contributed by atoms with van der Waals surface area (Å²) in [6.07, 6.45) is 0. The van der Waals surface area contributed by atoms with Crippen LogP contribution in [0, 0.1) is 6.85 Å². The van der Waals surface area contributed by atoms with Crippen LogP contribution in [-0.2, 0) is 13.6 Å². The minimum Gasteiger partial charge on any atom is -0.394 e. The molecule has 4 aromatic rings. The van der Waals surface area contributed by atoms with Crippen molar-refractivity contribution in [2.24, 2.45) is 7.05 Å². The lowest BCUT2D eigenvalue weighted by molar-refractivity contribution is 0.262. The normalized spacial score (nSPS) is 15.0. The van der Waals surface area contributed by atoms with Crippen LogP contribution in [0.5, 0.6) is 0 Å². The van der Waals surface area contributed by atoms with Crippen molar-refractivity contribution in [1.82, 2.24) is 50.4 Å². The van der Waals surface area contributed by atoms with Crippen molar-refractivity contribution in [2.45, 2.75) is 33.8 Å². The molecular weight excluding hydrogens is 388 g/mol. The van der Waals surface area contributed by atoms with Gasteiger partial charge in [0.1, 0.15) is 10.1 Å². The molecule has 138 valence electrons. The van der Waals surface area contributed by atoms with Crippen LogP contribution in [0.25, 0.3) is 11.0 Å². The Morgan fingerprint density at radius 3 is 2.56 bits per heavy atom. The average molecular weight is 409 g/mol. The summed E-state index contributed by atoms with van der Waals surface area (Å²) in [5, 5.41) is 32.8. The van der Waals surface area contributed by atoms with E-state index in [2.05, 4.69) is 41.0 Å². The van der Waals surface area contributed by atoms with Gasteiger partial charge in [0.2, 0.25) is 10.3 Å². The second-order valence-corrected chi connectivity index (χ2v) is 6.89. The predicted molar refractivity (Wildman–Crippen MR) is 96.2 cm³/mol. The van der Waals surface area contributed by atoms with Gasteiger partial charge in [-0.05, 0) is 68.9 Å². The summed E-state index contributed by atoms with van der Waals surface area (Å²) in [5.74, 6) is 0. The van der Waals surface area contributed by atoms with E-state index >= 15 is 0 Å². The third-order valence-corrected chi connectivity index (χ3v) is 5.24. The van der Waals surface area contributed by atoms with E-state index in [0.717, 1.165) is 23.5 Å². The van der Waals surface area contributed by atoms with Gasteiger partial charge in [-0.25, -0.2) is 19.3 Å². The summed E-state index contributed by atoms with van der Waals surface area (Å²) in [6.45, 7) is -2.85. The van der Waals surface area contributed by atoms with Gasteiger partial charge < -0.3 is 5.11 Å². The van der Waals surface area contributed by atoms with Gasteiger partial charge >= 0.3 is 0 Å². The second kappa shape index (κ2) is 7.54. The molecule has 1 aromatic carbocycles. The highest BCUT2D eigenvalue weighted by molar-refractivity contribution is 8.02. The maximum atomic E-state index is 9.22. The number of benzene rings is 1. The molecule has 0 spiro atoms. The van der Waals surface area contributed by atoms with Gasteiger partial charge in [0.15, 0.2) is 0 Å². The molecule has 0 saturated carbocycles. The first kappa shape index (κ1) is 11.9. The molecule has 1 N–H and O–H groups in total. The molecule has 0 atom stereocenters. The van der Waals surface area contributed by atoms with Gasteiger partial charge in [-0.15, -0.1) is 10.2 Å². The number of hydrogen-bond donors (Lipinski definition) is 1. The average Bonchev–Trinajstić information content (AvgIpc) is 3.35. The zero-order chi connectivity index (χ0) is 23.9. The van der Waals surface area contributed by atoms with E-state index in [4.69, 9.17) is 8.22 Å². The summed E-state index contributed by atoms with van der Waals surface area (Å²) in [6, 6.07) is -1.58. The third kappa shape index (κ3) is 3.74. The van der Waals surface area contributed by atoms with Gasteiger partial charge in [-0.2, -0.15) is 0 Å². The fraction of sp³-hybridized carbons (Fsp3) is 0.286. The zero-order valence-electron chi connectivity index (χ0n) is 19.7. The lowest BCUT2D eigenvalue weighted by atomic mass is 10.2. The van der Waals surface area contributed by atoms with Crippen molar-refractivity contribution in [3.8, 4) is 0 Å². The molecule has 0 amide bonds. The van der Waals surface area contributed by atoms with E-state index in [1.54, 1.807) is 7.05 Å². The first-order chi connectivity index (χ1) is 15.6. The Kier molecular flexibility index (Phi) is 3.34. The highest BCUT2D eigenvalue weighted by Crippen LogP contribution is 2.35. The molecule has 3 aromatic heterocycles. The number of hydrogen-bond acceptors (Lipinski definition) is 11. The second-order valence-electron chi connectivity index (χ2n) is 4.98. The highest BCUT2D eigenvalue weighted by atomic mass is 32.2. The summed E-state index contributed by atoms with van der Waals surface area (Å²) in [4.78, 5) is 8.85. The van der Waals surface area contributed by atoms with Crippen LogP contribution >= 0.6 is 23.5 Å². The lowest BCUT2D eigenvalue weighted by Crippen LogP contribution is -2.06. The van der Waals surface area contributed by atoms with E-state index in [0.29, 0.717) is 5.16 Å². The molecular formula is C14H14N10OS2. The number of tetrazole rings is 2. The number of aliphatic hydroxyl groups excluding tert-OH is 1. The molecule has 0 aliphatic heterocycles. The molecule has 0 fully saturated rings. The highest BCUT2D eigenvalue weighted by Gasteiger charge is 2.18. The number of aromatic nitrogens is 10. The van der Waals surface area contributed by atoms with Crippen LogP contribution in [0.2, 0.25) is 0 Å². The minimum atomic E-state index is -2.78. The number of rotatable bonds is 6. The number of nitrogens with zero attached hydrogens (tertiary/aromatic N) is 10. The number of aliphatic hydroxyl groups is 1. The van der Waals surface area contributed by atoms with Gasteiger partial charge in [-0.1, -0.05) is 6.04 Å². The molecule has 27 heavy (non-hydrogen) atoms. The quantitative estimate of drug-likeness (QED) is 0.484. The molecule has 3 heterocycles. The molecule has 0 aliphatic rings. The fourth-order valence-corrected chi connectivity index (χ4v) is 3.66. The van der Waals surface area contributed by atoms with E-state index in [-0.39, 0.29) is 39.4 Å². The van der Waals surface area contributed by atoms with Crippen LogP contribution in [0.15, 0.2) is 38.5 Å².